The van der Waals surface area contributed by atoms with E-state index in [9.17, 15) is 9.90 Å². The summed E-state index contributed by atoms with van der Waals surface area (Å²) in [5.41, 5.74) is 1.12. The normalized spacial score (nSPS) is 17.2. The molecule has 2 aromatic rings. The quantitative estimate of drug-likeness (QED) is 0.512. The second-order valence-electron chi connectivity index (χ2n) is 11.4. The Morgan fingerprint density at radius 2 is 1.91 bits per heavy atom. The van der Waals surface area contributed by atoms with Crippen LogP contribution in [-0.2, 0) is 9.39 Å². The summed E-state index contributed by atoms with van der Waals surface area (Å²) in [6.45, 7) is 15.2. The molecule has 1 aromatic heterocycles. The van der Waals surface area contributed by atoms with Crippen LogP contribution in [0.3, 0.4) is 0 Å². The third kappa shape index (κ3) is 6.73. The first-order valence-corrected chi connectivity index (χ1v) is 15.8. The molecule has 1 aliphatic heterocycles. The molecule has 1 amide bonds. The molecule has 1 radical (unpaired) electrons. The number of carbonyl (C=O) groups excluding carboxylic acids is 1. The number of nitrogens with zero attached hydrogens (tertiary/aromatic N) is 2. The van der Waals surface area contributed by atoms with E-state index in [2.05, 4.69) is 29.6 Å². The molecule has 2 N–H and O–H groups in total. The van der Waals surface area contributed by atoms with Gasteiger partial charge in [0, 0.05) is 14.6 Å². The van der Waals surface area contributed by atoms with Gasteiger partial charge in [-0.15, -0.1) is 0 Å². The number of likely N-dealkylation sites (tertiary alicyclic amines) is 1. The zero-order valence-corrected chi connectivity index (χ0v) is 22.6. The highest BCUT2D eigenvalue weighted by molar-refractivity contribution is 6.76. The molecule has 1 saturated heterocycles. The monoisotopic (exact) mass is 484 g/mol. The van der Waals surface area contributed by atoms with Gasteiger partial charge in [-0.3, -0.25) is 4.90 Å². The van der Waals surface area contributed by atoms with E-state index in [0.717, 1.165) is 41.4 Å². The number of hydrogen-bond acceptors (Lipinski definition) is 5. The van der Waals surface area contributed by atoms with Crippen LogP contribution in [0.2, 0.25) is 25.7 Å². The van der Waals surface area contributed by atoms with Crippen molar-refractivity contribution in [1.29, 1.82) is 0 Å². The largest absolute Gasteiger partial charge is 0.450 e. The molecule has 3 rings (SSSR count). The van der Waals surface area contributed by atoms with Crippen molar-refractivity contribution < 1.29 is 19.3 Å². The van der Waals surface area contributed by atoms with Crippen molar-refractivity contribution >= 4 is 27.1 Å². The van der Waals surface area contributed by atoms with E-state index in [0.29, 0.717) is 13.2 Å². The highest BCUT2D eigenvalue weighted by Gasteiger charge is 2.36. The van der Waals surface area contributed by atoms with Crippen LogP contribution in [0, 0.1) is 0 Å². The number of ether oxygens (including phenoxy) is 1. The Kier molecular flexibility index (Phi) is 8.00. The number of aliphatic hydroxyl groups is 1. The number of amides is 1. The molecular weight excluding hydrogens is 445 g/mol. The average Bonchev–Trinajstić information content (AvgIpc) is 3.40. The lowest BCUT2D eigenvalue weighted by Crippen LogP contribution is -2.49. The van der Waals surface area contributed by atoms with Gasteiger partial charge in [-0.1, -0.05) is 49.4 Å². The van der Waals surface area contributed by atoms with Crippen LogP contribution in [-0.4, -0.2) is 66.0 Å². The second kappa shape index (κ2) is 10.3. The number of rotatable bonds is 9. The molecule has 1 unspecified atom stereocenters. The lowest BCUT2D eigenvalue weighted by atomic mass is 9.82. The van der Waals surface area contributed by atoms with Gasteiger partial charge in [0.2, 0.25) is 0 Å². The minimum atomic E-state index is -1.24. The smallest absolute Gasteiger partial charge is 0.410 e. The fraction of sp³-hybridized carbons (Fsp3) is 0.600. The first kappa shape index (κ1) is 26.5. The standard InChI is InChI=1S/C25H39BN3O4Si/c1-24(2,31)25(3,4)33-26-19-12-10-18(11-13-19)20-17-27-22(28-20)21-9-8-14-29(21)23(30)32-15-16-34(5,6)7/h10-13,17,21,31H,8-9,14-16H2,1-7H3,(H,27,28). The number of nitrogens with one attached hydrogen (secondary N) is 1. The molecule has 185 valence electrons. The average molecular weight is 485 g/mol. The van der Waals surface area contributed by atoms with Gasteiger partial charge in [0.1, 0.15) is 5.82 Å². The molecule has 2 heterocycles. The van der Waals surface area contributed by atoms with Crippen molar-refractivity contribution in [3.8, 4) is 11.3 Å². The van der Waals surface area contributed by atoms with Crippen LogP contribution < -0.4 is 5.46 Å². The maximum absolute atomic E-state index is 12.7. The fourth-order valence-corrected chi connectivity index (χ4v) is 4.26. The van der Waals surface area contributed by atoms with Gasteiger partial charge in [-0.05, 0) is 52.1 Å². The maximum atomic E-state index is 12.7. The third-order valence-electron chi connectivity index (χ3n) is 6.66. The summed E-state index contributed by atoms with van der Waals surface area (Å²) in [5, 5.41) is 10.2. The molecule has 1 atom stereocenters. The highest BCUT2D eigenvalue weighted by Crippen LogP contribution is 2.32. The molecule has 34 heavy (non-hydrogen) atoms. The van der Waals surface area contributed by atoms with Gasteiger partial charge in [0.15, 0.2) is 0 Å². The van der Waals surface area contributed by atoms with E-state index in [-0.39, 0.29) is 12.1 Å². The van der Waals surface area contributed by atoms with E-state index in [1.165, 1.54) is 0 Å². The molecule has 0 saturated carbocycles. The fourth-order valence-electron chi connectivity index (χ4n) is 3.55. The van der Waals surface area contributed by atoms with E-state index >= 15 is 0 Å². The van der Waals surface area contributed by atoms with Gasteiger partial charge in [-0.25, -0.2) is 9.78 Å². The molecule has 0 bridgehead atoms. The highest BCUT2D eigenvalue weighted by atomic mass is 28.3. The number of hydrogen-bond donors (Lipinski definition) is 2. The predicted octanol–water partition coefficient (Wildman–Crippen LogP) is 4.50. The van der Waals surface area contributed by atoms with Gasteiger partial charge < -0.3 is 19.5 Å². The first-order chi connectivity index (χ1) is 15.8. The SMILES string of the molecule is CC(C)(O)C(C)(C)O[B]c1ccc(-c2cnc(C3CCCN3C(=O)OCC[Si](C)(C)C)[nH]2)cc1. The zero-order valence-electron chi connectivity index (χ0n) is 21.6. The lowest BCUT2D eigenvalue weighted by Gasteiger charge is -2.37. The Bertz CT molecular complexity index is 964. The molecule has 0 aliphatic carbocycles. The van der Waals surface area contributed by atoms with Crippen molar-refractivity contribution in [2.24, 2.45) is 0 Å². The molecule has 1 fully saturated rings. The van der Waals surface area contributed by atoms with E-state index in [1.54, 1.807) is 26.2 Å². The zero-order chi connectivity index (χ0) is 25.1. The topological polar surface area (TPSA) is 87.7 Å². The van der Waals surface area contributed by atoms with Crippen molar-refractivity contribution in [2.75, 3.05) is 13.2 Å². The summed E-state index contributed by atoms with van der Waals surface area (Å²) in [6, 6.07) is 8.82. The van der Waals surface area contributed by atoms with Crippen molar-refractivity contribution in [3.63, 3.8) is 0 Å². The van der Waals surface area contributed by atoms with Gasteiger partial charge >= 0.3 is 13.6 Å². The minimum absolute atomic E-state index is 0.0850. The van der Waals surface area contributed by atoms with Gasteiger partial charge in [-0.2, -0.15) is 0 Å². The summed E-state index contributed by atoms with van der Waals surface area (Å²) in [4.78, 5) is 22.5. The third-order valence-corrected chi connectivity index (χ3v) is 8.36. The van der Waals surface area contributed by atoms with Crippen molar-refractivity contribution in [3.05, 3.63) is 36.3 Å². The maximum Gasteiger partial charge on any atom is 0.410 e. The minimum Gasteiger partial charge on any atom is -0.450 e. The first-order valence-electron chi connectivity index (χ1n) is 12.1. The van der Waals surface area contributed by atoms with E-state index in [1.807, 2.05) is 44.3 Å². The number of H-pyrrole nitrogens is 1. The van der Waals surface area contributed by atoms with E-state index in [4.69, 9.17) is 9.39 Å². The van der Waals surface area contributed by atoms with Crippen LogP contribution in [0.15, 0.2) is 30.5 Å². The summed E-state index contributed by atoms with van der Waals surface area (Å²) < 4.78 is 11.4. The molecular formula is C25H39BN3O4Si. The number of aromatic nitrogens is 2. The second-order valence-corrected chi connectivity index (χ2v) is 17.0. The Morgan fingerprint density at radius 1 is 1.24 bits per heavy atom. The number of aromatic amines is 1. The Balaban J connectivity index is 1.61. The molecule has 7 nitrogen and oxygen atoms in total. The number of benzene rings is 1. The Labute approximate surface area is 205 Å². The van der Waals surface area contributed by atoms with Gasteiger partial charge in [0.25, 0.3) is 0 Å². The molecule has 0 spiro atoms. The number of imidazole rings is 1. The Hall–Kier alpha value is -2.10. The summed E-state index contributed by atoms with van der Waals surface area (Å²) in [6.07, 6.45) is 3.38. The van der Waals surface area contributed by atoms with Crippen molar-refractivity contribution in [1.82, 2.24) is 14.9 Å². The predicted molar refractivity (Wildman–Crippen MR) is 139 cm³/mol. The van der Waals surface area contributed by atoms with Crippen LogP contribution in [0.1, 0.15) is 52.4 Å². The van der Waals surface area contributed by atoms with Crippen LogP contribution in [0.5, 0.6) is 0 Å². The van der Waals surface area contributed by atoms with Gasteiger partial charge in [0.05, 0.1) is 35.7 Å². The summed E-state index contributed by atoms with van der Waals surface area (Å²) in [7, 11) is 0.429. The van der Waals surface area contributed by atoms with Crippen LogP contribution in [0.4, 0.5) is 4.79 Å². The molecule has 1 aliphatic rings. The Morgan fingerprint density at radius 3 is 2.53 bits per heavy atom. The van der Waals surface area contributed by atoms with Crippen LogP contribution >= 0.6 is 0 Å². The van der Waals surface area contributed by atoms with Crippen LogP contribution in [0.25, 0.3) is 11.3 Å². The molecule has 9 heteroatoms. The van der Waals surface area contributed by atoms with E-state index < -0.39 is 19.3 Å². The molecule has 1 aromatic carbocycles. The lowest BCUT2D eigenvalue weighted by molar-refractivity contribution is -0.0893. The summed E-state index contributed by atoms with van der Waals surface area (Å²) in [5.74, 6) is 0.792. The van der Waals surface area contributed by atoms with Crippen molar-refractivity contribution in [2.45, 2.75) is 83.5 Å². The number of carbonyl (C=O) groups is 1. The summed E-state index contributed by atoms with van der Waals surface area (Å²) >= 11 is 0.